The van der Waals surface area contributed by atoms with E-state index >= 15 is 0 Å². The highest BCUT2D eigenvalue weighted by Crippen LogP contribution is 2.51. The molecule has 0 atom stereocenters. The van der Waals surface area contributed by atoms with Crippen molar-refractivity contribution in [3.8, 4) is 23.0 Å². The molecule has 0 spiro atoms. The van der Waals surface area contributed by atoms with Crippen molar-refractivity contribution in [1.82, 2.24) is 0 Å². The summed E-state index contributed by atoms with van der Waals surface area (Å²) in [4.78, 5) is 25.3. The van der Waals surface area contributed by atoms with Gasteiger partial charge >= 0.3 is 11.9 Å². The number of ether oxygens (including phenoxy) is 4. The Kier molecular flexibility index (Phi) is 8.13. The van der Waals surface area contributed by atoms with Gasteiger partial charge in [-0.1, -0.05) is 32.0 Å². The number of anilines is 1. The molecule has 0 aliphatic carbocycles. The van der Waals surface area contributed by atoms with Crippen LogP contribution in [-0.2, 0) is 4.79 Å². The molecule has 0 amide bonds. The van der Waals surface area contributed by atoms with Crippen molar-refractivity contribution < 1.29 is 28.5 Å². The zero-order valence-corrected chi connectivity index (χ0v) is 19.4. The number of esters is 2. The Morgan fingerprint density at radius 3 is 2.06 bits per heavy atom. The fraction of sp³-hybridized carbons (Fsp3) is 0.308. The van der Waals surface area contributed by atoms with Gasteiger partial charge < -0.3 is 24.3 Å². The SMILES string of the molecule is CCCNc1ccc2c(OC(=O)c3ccccc3)c(OC)c(OC)c(OC(=O)CCC)c2c1. The summed E-state index contributed by atoms with van der Waals surface area (Å²) in [5.74, 6) is -0.167. The first kappa shape index (κ1) is 23.9. The molecular formula is C26H29NO6. The zero-order chi connectivity index (χ0) is 23.8. The van der Waals surface area contributed by atoms with Crippen LogP contribution in [0.1, 0.15) is 43.5 Å². The van der Waals surface area contributed by atoms with E-state index in [9.17, 15) is 9.59 Å². The van der Waals surface area contributed by atoms with Crippen LogP contribution in [0, 0.1) is 0 Å². The number of nitrogens with one attached hydrogen (secondary N) is 1. The van der Waals surface area contributed by atoms with E-state index in [4.69, 9.17) is 18.9 Å². The highest BCUT2D eigenvalue weighted by atomic mass is 16.6. The Morgan fingerprint density at radius 1 is 0.788 bits per heavy atom. The topological polar surface area (TPSA) is 83.1 Å². The minimum Gasteiger partial charge on any atom is -0.490 e. The molecule has 3 aromatic carbocycles. The summed E-state index contributed by atoms with van der Waals surface area (Å²) in [5, 5.41) is 4.44. The number of hydrogen-bond donors (Lipinski definition) is 1. The number of fused-ring (bicyclic) bond motifs is 1. The summed E-state index contributed by atoms with van der Waals surface area (Å²) in [6.07, 6.45) is 1.85. The maximum absolute atomic E-state index is 12.9. The molecule has 1 N–H and O–H groups in total. The fourth-order valence-corrected chi connectivity index (χ4v) is 3.43. The normalized spacial score (nSPS) is 10.5. The van der Waals surface area contributed by atoms with Crippen molar-refractivity contribution in [2.24, 2.45) is 0 Å². The van der Waals surface area contributed by atoms with Crippen LogP contribution in [0.15, 0.2) is 48.5 Å². The van der Waals surface area contributed by atoms with Gasteiger partial charge in [0.15, 0.2) is 11.5 Å². The summed E-state index contributed by atoms with van der Waals surface area (Å²) in [6, 6.07) is 14.2. The molecule has 0 aromatic heterocycles. The van der Waals surface area contributed by atoms with Crippen LogP contribution in [0.2, 0.25) is 0 Å². The molecule has 3 rings (SSSR count). The summed E-state index contributed by atoms with van der Waals surface area (Å²) < 4.78 is 22.7. The zero-order valence-electron chi connectivity index (χ0n) is 19.4. The second-order valence-electron chi connectivity index (χ2n) is 7.39. The Hall–Kier alpha value is -3.74. The lowest BCUT2D eigenvalue weighted by Crippen LogP contribution is -2.12. The Bertz CT molecular complexity index is 1130. The highest BCUT2D eigenvalue weighted by Gasteiger charge is 2.27. The number of benzene rings is 3. The van der Waals surface area contributed by atoms with Crippen LogP contribution < -0.4 is 24.3 Å². The smallest absolute Gasteiger partial charge is 0.343 e. The third kappa shape index (κ3) is 5.37. The van der Waals surface area contributed by atoms with Crippen molar-refractivity contribution in [1.29, 1.82) is 0 Å². The van der Waals surface area contributed by atoms with Gasteiger partial charge in [-0.3, -0.25) is 4.79 Å². The first-order valence-electron chi connectivity index (χ1n) is 11.0. The van der Waals surface area contributed by atoms with E-state index < -0.39 is 5.97 Å². The van der Waals surface area contributed by atoms with Gasteiger partial charge in [-0.05, 0) is 43.2 Å². The molecule has 174 valence electrons. The molecule has 0 radical (unpaired) electrons. The van der Waals surface area contributed by atoms with Crippen molar-refractivity contribution >= 4 is 28.4 Å². The quantitative estimate of drug-likeness (QED) is 0.317. The second kappa shape index (κ2) is 11.2. The van der Waals surface area contributed by atoms with E-state index in [1.54, 1.807) is 30.3 Å². The van der Waals surface area contributed by atoms with Crippen molar-refractivity contribution in [2.75, 3.05) is 26.1 Å². The Labute approximate surface area is 193 Å². The van der Waals surface area contributed by atoms with Crippen molar-refractivity contribution in [3.05, 3.63) is 54.1 Å². The van der Waals surface area contributed by atoms with Gasteiger partial charge in [0.2, 0.25) is 11.5 Å². The minimum atomic E-state index is -0.541. The summed E-state index contributed by atoms with van der Waals surface area (Å²) in [7, 11) is 2.89. The molecule has 3 aromatic rings. The predicted molar refractivity (Wildman–Crippen MR) is 128 cm³/mol. The lowest BCUT2D eigenvalue weighted by Gasteiger charge is -2.20. The number of rotatable bonds is 10. The average Bonchev–Trinajstić information content (AvgIpc) is 2.84. The lowest BCUT2D eigenvalue weighted by molar-refractivity contribution is -0.134. The van der Waals surface area contributed by atoms with E-state index in [0.29, 0.717) is 22.8 Å². The van der Waals surface area contributed by atoms with Crippen LogP contribution in [0.25, 0.3) is 10.8 Å². The third-order valence-electron chi connectivity index (χ3n) is 4.99. The predicted octanol–water partition coefficient (Wildman–Crippen LogP) is 5.60. The Morgan fingerprint density at radius 2 is 1.45 bits per heavy atom. The minimum absolute atomic E-state index is 0.169. The molecule has 0 aliphatic rings. The van der Waals surface area contributed by atoms with E-state index in [1.165, 1.54) is 14.2 Å². The number of methoxy groups -OCH3 is 2. The van der Waals surface area contributed by atoms with Crippen LogP contribution >= 0.6 is 0 Å². The largest absolute Gasteiger partial charge is 0.490 e. The second-order valence-corrected chi connectivity index (χ2v) is 7.39. The lowest BCUT2D eigenvalue weighted by atomic mass is 10.1. The van der Waals surface area contributed by atoms with Gasteiger partial charge in [0.05, 0.1) is 19.8 Å². The van der Waals surface area contributed by atoms with Gasteiger partial charge in [-0.15, -0.1) is 0 Å². The molecule has 0 saturated carbocycles. The van der Waals surface area contributed by atoms with E-state index in [-0.39, 0.29) is 35.4 Å². The first-order chi connectivity index (χ1) is 16.0. The molecule has 33 heavy (non-hydrogen) atoms. The molecule has 7 nitrogen and oxygen atoms in total. The van der Waals surface area contributed by atoms with Gasteiger partial charge in [-0.2, -0.15) is 0 Å². The maximum atomic E-state index is 12.9. The van der Waals surface area contributed by atoms with Crippen molar-refractivity contribution in [3.63, 3.8) is 0 Å². The monoisotopic (exact) mass is 451 g/mol. The molecule has 0 fully saturated rings. The van der Waals surface area contributed by atoms with Crippen molar-refractivity contribution in [2.45, 2.75) is 33.1 Å². The summed E-state index contributed by atoms with van der Waals surface area (Å²) in [6.45, 7) is 4.75. The molecule has 0 saturated heterocycles. The van der Waals surface area contributed by atoms with E-state index in [2.05, 4.69) is 12.2 Å². The molecule has 0 heterocycles. The fourth-order valence-electron chi connectivity index (χ4n) is 3.43. The van der Waals surface area contributed by atoms with E-state index in [0.717, 1.165) is 18.7 Å². The van der Waals surface area contributed by atoms with Crippen LogP contribution in [0.3, 0.4) is 0 Å². The van der Waals surface area contributed by atoms with Gasteiger partial charge in [0.1, 0.15) is 0 Å². The molecule has 7 heteroatoms. The number of carbonyl (C=O) groups excluding carboxylic acids is 2. The number of carbonyl (C=O) groups is 2. The summed E-state index contributed by atoms with van der Waals surface area (Å²) in [5.41, 5.74) is 1.23. The summed E-state index contributed by atoms with van der Waals surface area (Å²) >= 11 is 0. The van der Waals surface area contributed by atoms with E-state index in [1.807, 2.05) is 25.1 Å². The maximum Gasteiger partial charge on any atom is 0.343 e. The van der Waals surface area contributed by atoms with Gasteiger partial charge in [0.25, 0.3) is 0 Å². The highest BCUT2D eigenvalue weighted by molar-refractivity contribution is 6.04. The van der Waals surface area contributed by atoms with Gasteiger partial charge in [-0.25, -0.2) is 4.79 Å². The van der Waals surface area contributed by atoms with Crippen LogP contribution in [0.4, 0.5) is 5.69 Å². The molecule has 0 bridgehead atoms. The molecule has 0 aliphatic heterocycles. The number of hydrogen-bond acceptors (Lipinski definition) is 7. The average molecular weight is 452 g/mol. The standard InChI is InChI=1S/C26H29NO6/c1-5-10-21(28)32-23-20-16-18(27-15-6-2)13-14-19(20)22(24(30-3)25(23)31-4)33-26(29)17-11-8-7-9-12-17/h7-9,11-14,16,27H,5-6,10,15H2,1-4H3. The van der Waals surface area contributed by atoms with Crippen LogP contribution in [-0.4, -0.2) is 32.7 Å². The van der Waals surface area contributed by atoms with Crippen LogP contribution in [0.5, 0.6) is 23.0 Å². The Balaban J connectivity index is 2.22. The van der Waals surface area contributed by atoms with Gasteiger partial charge in [0, 0.05) is 29.4 Å². The molecular weight excluding hydrogens is 422 g/mol. The third-order valence-corrected chi connectivity index (χ3v) is 4.99. The molecule has 0 unspecified atom stereocenters. The first-order valence-corrected chi connectivity index (χ1v) is 11.0.